The van der Waals surface area contributed by atoms with E-state index < -0.39 is 0 Å². The Labute approximate surface area is 129 Å². The van der Waals surface area contributed by atoms with E-state index in [1.807, 2.05) is 24.3 Å². The number of hydrogen-bond donors (Lipinski definition) is 1. The number of aryl methyl sites for hydroxylation is 1. The number of ether oxygens (including phenoxy) is 1. The Morgan fingerprint density at radius 3 is 2.81 bits per heavy atom. The fraction of sp³-hybridized carbons (Fsp3) is 0.611. The molecule has 0 aliphatic heterocycles. The number of benzene rings is 1. The van der Waals surface area contributed by atoms with Crippen LogP contribution in [0.4, 0.5) is 0 Å². The van der Waals surface area contributed by atoms with Gasteiger partial charge in [0, 0.05) is 13.0 Å². The summed E-state index contributed by atoms with van der Waals surface area (Å²) in [4.78, 5) is 11.9. The van der Waals surface area contributed by atoms with Crippen LogP contribution in [0.25, 0.3) is 0 Å². The molecule has 1 amide bonds. The van der Waals surface area contributed by atoms with E-state index >= 15 is 0 Å². The van der Waals surface area contributed by atoms with E-state index in [0.717, 1.165) is 30.7 Å². The Morgan fingerprint density at radius 1 is 1.33 bits per heavy atom. The van der Waals surface area contributed by atoms with E-state index in [-0.39, 0.29) is 5.91 Å². The van der Waals surface area contributed by atoms with Crippen LogP contribution in [0, 0.1) is 5.92 Å². The number of carbonyl (C=O) groups excluding carboxylic acids is 1. The summed E-state index contributed by atoms with van der Waals surface area (Å²) in [6, 6.07) is 7.91. The summed E-state index contributed by atoms with van der Waals surface area (Å²) in [6.45, 7) is 5.22. The minimum atomic E-state index is 0.146. The fourth-order valence-corrected chi connectivity index (χ4v) is 2.38. The highest BCUT2D eigenvalue weighted by molar-refractivity contribution is 5.76. The molecule has 0 aromatic heterocycles. The van der Waals surface area contributed by atoms with E-state index in [2.05, 4.69) is 19.2 Å². The first-order chi connectivity index (χ1) is 10.2. The van der Waals surface area contributed by atoms with Gasteiger partial charge in [0.2, 0.25) is 5.91 Å². The molecule has 0 bridgehead atoms. The maximum absolute atomic E-state index is 11.9. The highest BCUT2D eigenvalue weighted by atomic mass is 16.5. The van der Waals surface area contributed by atoms with E-state index in [4.69, 9.17) is 4.74 Å². The molecular formula is C18H29NO2. The Bertz CT molecular complexity index is 417. The van der Waals surface area contributed by atoms with Crippen LogP contribution in [0.2, 0.25) is 0 Å². The molecule has 0 spiro atoms. The van der Waals surface area contributed by atoms with Crippen molar-refractivity contribution in [1.82, 2.24) is 5.32 Å². The first-order valence-corrected chi connectivity index (χ1v) is 8.09. The largest absolute Gasteiger partial charge is 0.497 e. The molecule has 0 fully saturated rings. The second-order valence-corrected chi connectivity index (χ2v) is 5.57. The van der Waals surface area contributed by atoms with Gasteiger partial charge >= 0.3 is 0 Å². The third-order valence-electron chi connectivity index (χ3n) is 3.91. The van der Waals surface area contributed by atoms with Crippen molar-refractivity contribution in [3.05, 3.63) is 29.8 Å². The maximum atomic E-state index is 11.9. The molecule has 3 heteroatoms. The molecule has 1 unspecified atom stereocenters. The highest BCUT2D eigenvalue weighted by Gasteiger charge is 2.08. The summed E-state index contributed by atoms with van der Waals surface area (Å²) >= 11 is 0. The number of unbranched alkanes of at least 4 members (excludes halogenated alkanes) is 1. The molecule has 0 heterocycles. The topological polar surface area (TPSA) is 38.3 Å². The van der Waals surface area contributed by atoms with Crippen LogP contribution in [-0.2, 0) is 11.2 Å². The molecule has 118 valence electrons. The lowest BCUT2D eigenvalue weighted by Crippen LogP contribution is -2.29. The number of methoxy groups -OCH3 is 1. The smallest absolute Gasteiger partial charge is 0.220 e. The van der Waals surface area contributed by atoms with Crippen molar-refractivity contribution in [2.24, 2.45) is 5.92 Å². The van der Waals surface area contributed by atoms with Crippen LogP contribution in [0.1, 0.15) is 51.5 Å². The Balaban J connectivity index is 2.29. The molecule has 0 saturated heterocycles. The van der Waals surface area contributed by atoms with Crippen LogP contribution in [0.3, 0.4) is 0 Å². The van der Waals surface area contributed by atoms with Crippen molar-refractivity contribution in [1.29, 1.82) is 0 Å². The van der Waals surface area contributed by atoms with E-state index in [1.165, 1.54) is 19.3 Å². The zero-order valence-electron chi connectivity index (χ0n) is 13.7. The van der Waals surface area contributed by atoms with Crippen molar-refractivity contribution in [3.8, 4) is 5.75 Å². The van der Waals surface area contributed by atoms with Crippen LogP contribution in [-0.4, -0.2) is 19.6 Å². The van der Waals surface area contributed by atoms with E-state index in [1.54, 1.807) is 7.11 Å². The molecule has 1 rings (SSSR count). The normalized spacial score (nSPS) is 12.0. The second kappa shape index (κ2) is 10.3. The summed E-state index contributed by atoms with van der Waals surface area (Å²) in [5.41, 5.74) is 1.14. The zero-order chi connectivity index (χ0) is 15.5. The third-order valence-corrected chi connectivity index (χ3v) is 3.91. The molecule has 0 radical (unpaired) electrons. The van der Waals surface area contributed by atoms with Gasteiger partial charge in [-0.25, -0.2) is 0 Å². The van der Waals surface area contributed by atoms with Crippen LogP contribution in [0.5, 0.6) is 5.75 Å². The van der Waals surface area contributed by atoms with Crippen molar-refractivity contribution in [2.45, 2.75) is 52.4 Å². The Morgan fingerprint density at radius 2 is 2.14 bits per heavy atom. The van der Waals surface area contributed by atoms with Crippen LogP contribution >= 0.6 is 0 Å². The van der Waals surface area contributed by atoms with Gasteiger partial charge in [0.25, 0.3) is 0 Å². The average molecular weight is 291 g/mol. The molecule has 0 saturated carbocycles. The summed E-state index contributed by atoms with van der Waals surface area (Å²) < 4.78 is 5.19. The number of carbonyl (C=O) groups is 1. The molecule has 1 atom stereocenters. The lowest BCUT2D eigenvalue weighted by Gasteiger charge is -2.15. The van der Waals surface area contributed by atoms with Crippen molar-refractivity contribution < 1.29 is 9.53 Å². The van der Waals surface area contributed by atoms with Crippen molar-refractivity contribution in [2.75, 3.05) is 13.7 Å². The lowest BCUT2D eigenvalue weighted by atomic mass is 9.99. The molecule has 1 aromatic carbocycles. The number of nitrogens with one attached hydrogen (secondary N) is 1. The van der Waals surface area contributed by atoms with Gasteiger partial charge in [-0.1, -0.05) is 45.2 Å². The van der Waals surface area contributed by atoms with Gasteiger partial charge in [-0.3, -0.25) is 4.79 Å². The SMILES string of the molecule is CCCCC(CC)CNC(=O)CCc1cccc(OC)c1. The molecule has 1 aromatic rings. The fourth-order valence-electron chi connectivity index (χ4n) is 2.38. The second-order valence-electron chi connectivity index (χ2n) is 5.57. The molecule has 0 aliphatic rings. The van der Waals surface area contributed by atoms with Crippen molar-refractivity contribution >= 4 is 5.91 Å². The lowest BCUT2D eigenvalue weighted by molar-refractivity contribution is -0.121. The maximum Gasteiger partial charge on any atom is 0.220 e. The van der Waals surface area contributed by atoms with Crippen LogP contribution < -0.4 is 10.1 Å². The molecular weight excluding hydrogens is 262 g/mol. The number of hydrogen-bond acceptors (Lipinski definition) is 2. The summed E-state index contributed by atoms with van der Waals surface area (Å²) in [5, 5.41) is 3.07. The first kappa shape index (κ1) is 17.5. The monoisotopic (exact) mass is 291 g/mol. The molecule has 21 heavy (non-hydrogen) atoms. The quantitative estimate of drug-likeness (QED) is 0.708. The third kappa shape index (κ3) is 7.16. The predicted octanol–water partition coefficient (Wildman–Crippen LogP) is 3.96. The summed E-state index contributed by atoms with van der Waals surface area (Å²) in [6.07, 6.45) is 6.12. The van der Waals surface area contributed by atoms with Gasteiger partial charge in [0.15, 0.2) is 0 Å². The van der Waals surface area contributed by atoms with Gasteiger partial charge in [-0.2, -0.15) is 0 Å². The Hall–Kier alpha value is -1.51. The van der Waals surface area contributed by atoms with Gasteiger partial charge < -0.3 is 10.1 Å². The van der Waals surface area contributed by atoms with Gasteiger partial charge in [-0.15, -0.1) is 0 Å². The standard InChI is InChI=1S/C18H29NO2/c1-4-6-8-15(5-2)14-19-18(20)12-11-16-9-7-10-17(13-16)21-3/h7,9-10,13,15H,4-6,8,11-12,14H2,1-3H3,(H,19,20). The van der Waals surface area contributed by atoms with Crippen LogP contribution in [0.15, 0.2) is 24.3 Å². The first-order valence-electron chi connectivity index (χ1n) is 8.09. The average Bonchev–Trinajstić information content (AvgIpc) is 2.53. The molecule has 3 nitrogen and oxygen atoms in total. The molecule has 0 aliphatic carbocycles. The van der Waals surface area contributed by atoms with Gasteiger partial charge in [0.05, 0.1) is 7.11 Å². The number of amides is 1. The minimum absolute atomic E-state index is 0.146. The van der Waals surface area contributed by atoms with Crippen molar-refractivity contribution in [3.63, 3.8) is 0 Å². The minimum Gasteiger partial charge on any atom is -0.497 e. The van der Waals surface area contributed by atoms with E-state index in [9.17, 15) is 4.79 Å². The van der Waals surface area contributed by atoms with Gasteiger partial charge in [0.1, 0.15) is 5.75 Å². The zero-order valence-corrected chi connectivity index (χ0v) is 13.7. The Kier molecular flexibility index (Phi) is 8.56. The number of rotatable bonds is 10. The van der Waals surface area contributed by atoms with E-state index in [0.29, 0.717) is 12.3 Å². The predicted molar refractivity (Wildman–Crippen MR) is 87.6 cm³/mol. The van der Waals surface area contributed by atoms with Gasteiger partial charge in [-0.05, 0) is 36.5 Å². The summed E-state index contributed by atoms with van der Waals surface area (Å²) in [5.74, 6) is 1.61. The summed E-state index contributed by atoms with van der Waals surface area (Å²) in [7, 11) is 1.66. The highest BCUT2D eigenvalue weighted by Crippen LogP contribution is 2.14. The molecule has 1 N–H and O–H groups in total.